The molecule has 1 aromatic heterocycles. The van der Waals surface area contributed by atoms with Crippen LogP contribution in [0.5, 0.6) is 0 Å². The van der Waals surface area contributed by atoms with E-state index in [2.05, 4.69) is 10.3 Å². The van der Waals surface area contributed by atoms with Crippen molar-refractivity contribution >= 4 is 29.7 Å². The summed E-state index contributed by atoms with van der Waals surface area (Å²) >= 11 is 1.09. The van der Waals surface area contributed by atoms with Gasteiger partial charge >= 0.3 is 0 Å². The number of aromatic nitrogens is 1. The quantitative estimate of drug-likeness (QED) is 0.883. The summed E-state index contributed by atoms with van der Waals surface area (Å²) in [5.74, 6) is -0.485. The van der Waals surface area contributed by atoms with Crippen molar-refractivity contribution in [2.75, 3.05) is 26.2 Å². The molecule has 4 nitrogen and oxygen atoms in total. The van der Waals surface area contributed by atoms with Crippen LogP contribution in [0.1, 0.15) is 10.5 Å². The number of nitrogens with zero attached hydrogens (tertiary/aromatic N) is 2. The van der Waals surface area contributed by atoms with Crippen LogP contribution in [0.4, 0.5) is 8.78 Å². The molecular weight excluding hydrogens is 356 g/mol. The highest BCUT2D eigenvalue weighted by atomic mass is 35.5. The lowest BCUT2D eigenvalue weighted by atomic mass is 10.0. The summed E-state index contributed by atoms with van der Waals surface area (Å²) in [6.45, 7) is 3.32. The number of fused-ring (bicyclic) bond motifs is 1. The Kier molecular flexibility index (Phi) is 4.85. The van der Waals surface area contributed by atoms with Crippen LogP contribution in [0.2, 0.25) is 0 Å². The molecule has 0 aliphatic carbocycles. The summed E-state index contributed by atoms with van der Waals surface area (Å²) in [6.07, 6.45) is 0. The van der Waals surface area contributed by atoms with Gasteiger partial charge in [-0.3, -0.25) is 4.79 Å². The first-order valence-corrected chi connectivity index (χ1v) is 8.41. The minimum Gasteiger partial charge on any atom is -0.337 e. The van der Waals surface area contributed by atoms with Crippen molar-refractivity contribution in [1.82, 2.24) is 15.2 Å². The summed E-state index contributed by atoms with van der Waals surface area (Å²) in [4.78, 5) is 18.5. The minimum absolute atomic E-state index is 0. The van der Waals surface area contributed by atoms with Crippen LogP contribution >= 0.6 is 23.7 Å². The summed E-state index contributed by atoms with van der Waals surface area (Å²) in [5.41, 5.74) is 0.0969. The van der Waals surface area contributed by atoms with Crippen molar-refractivity contribution in [2.24, 2.45) is 11.8 Å². The molecule has 0 saturated carbocycles. The van der Waals surface area contributed by atoms with Crippen molar-refractivity contribution in [1.29, 1.82) is 0 Å². The van der Waals surface area contributed by atoms with E-state index in [1.807, 2.05) is 0 Å². The van der Waals surface area contributed by atoms with E-state index in [0.717, 1.165) is 37.5 Å². The Morgan fingerprint density at radius 1 is 1.21 bits per heavy atom. The first-order valence-electron chi connectivity index (χ1n) is 7.53. The Balaban J connectivity index is 0.00000169. The third kappa shape index (κ3) is 2.92. The number of carbonyl (C=O) groups is 1. The largest absolute Gasteiger partial charge is 0.337 e. The van der Waals surface area contributed by atoms with Gasteiger partial charge in [-0.1, -0.05) is 6.07 Å². The van der Waals surface area contributed by atoms with E-state index in [9.17, 15) is 13.6 Å². The van der Waals surface area contributed by atoms with Crippen molar-refractivity contribution < 1.29 is 13.6 Å². The summed E-state index contributed by atoms with van der Waals surface area (Å²) in [7, 11) is 0. The molecule has 2 aliphatic rings. The molecule has 2 aromatic rings. The Morgan fingerprint density at radius 2 is 1.83 bits per heavy atom. The second-order valence-corrected chi connectivity index (χ2v) is 6.88. The van der Waals surface area contributed by atoms with Crippen LogP contribution in [-0.4, -0.2) is 42.0 Å². The van der Waals surface area contributed by atoms with Gasteiger partial charge in [-0.25, -0.2) is 13.8 Å². The Morgan fingerprint density at radius 3 is 2.46 bits per heavy atom. The number of amides is 1. The fraction of sp³-hybridized carbons (Fsp3) is 0.375. The van der Waals surface area contributed by atoms with Gasteiger partial charge in [0.2, 0.25) is 0 Å². The Labute approximate surface area is 148 Å². The monoisotopic (exact) mass is 371 g/mol. The molecule has 2 aliphatic heterocycles. The lowest BCUT2D eigenvalue weighted by Crippen LogP contribution is -2.32. The minimum atomic E-state index is -0.667. The zero-order chi connectivity index (χ0) is 16.0. The lowest BCUT2D eigenvalue weighted by molar-refractivity contribution is 0.0777. The van der Waals surface area contributed by atoms with E-state index in [4.69, 9.17) is 0 Å². The van der Waals surface area contributed by atoms with E-state index >= 15 is 0 Å². The fourth-order valence-corrected chi connectivity index (χ4v) is 4.21. The number of halogens is 3. The predicted octanol–water partition coefficient (Wildman–Crippen LogP) is 2.80. The molecule has 0 spiro atoms. The standard InChI is InChI=1S/C16H15F2N3OS.ClH/c17-11-2-1-3-12(18)14(11)15-20-13(8-23-15)16(22)21-6-9-4-19-5-10(9)7-21;/h1-3,8-10,19H,4-7H2;1H/t9-,10+;. The molecule has 128 valence electrons. The second kappa shape index (κ2) is 6.74. The SMILES string of the molecule is Cl.O=C(c1csc(-c2c(F)cccc2F)n1)N1C[C@H]2CNC[C@H]2C1. The normalized spacial score (nSPS) is 22.3. The number of benzene rings is 1. The first-order chi connectivity index (χ1) is 11.1. The average molecular weight is 372 g/mol. The van der Waals surface area contributed by atoms with Crippen LogP contribution in [-0.2, 0) is 0 Å². The van der Waals surface area contributed by atoms with Crippen LogP contribution in [0.15, 0.2) is 23.6 Å². The third-order valence-corrected chi connectivity index (χ3v) is 5.44. The topological polar surface area (TPSA) is 45.2 Å². The maximum Gasteiger partial charge on any atom is 0.273 e. The van der Waals surface area contributed by atoms with Crippen molar-refractivity contribution in [2.45, 2.75) is 0 Å². The van der Waals surface area contributed by atoms with Crippen LogP contribution in [0.3, 0.4) is 0 Å². The molecule has 4 rings (SSSR count). The van der Waals surface area contributed by atoms with E-state index < -0.39 is 11.6 Å². The summed E-state index contributed by atoms with van der Waals surface area (Å²) in [6, 6.07) is 3.69. The average Bonchev–Trinajstić information content (AvgIpc) is 3.22. The number of rotatable bonds is 2. The molecule has 2 saturated heterocycles. The maximum absolute atomic E-state index is 13.8. The molecule has 1 amide bonds. The van der Waals surface area contributed by atoms with Crippen LogP contribution in [0.25, 0.3) is 10.6 Å². The van der Waals surface area contributed by atoms with E-state index in [1.54, 1.807) is 10.3 Å². The molecule has 0 bridgehead atoms. The van der Waals surface area contributed by atoms with E-state index in [1.165, 1.54) is 18.2 Å². The number of nitrogens with one attached hydrogen (secondary N) is 1. The van der Waals surface area contributed by atoms with E-state index in [-0.39, 0.29) is 34.6 Å². The zero-order valence-corrected chi connectivity index (χ0v) is 14.3. The van der Waals surface area contributed by atoms with Gasteiger partial charge in [0.1, 0.15) is 22.3 Å². The Hall–Kier alpha value is -1.57. The first kappa shape index (κ1) is 17.3. The second-order valence-electron chi connectivity index (χ2n) is 6.02. The van der Waals surface area contributed by atoms with Gasteiger partial charge in [0, 0.05) is 31.6 Å². The molecule has 3 heterocycles. The number of thiazole rings is 1. The highest BCUT2D eigenvalue weighted by Crippen LogP contribution is 2.31. The summed E-state index contributed by atoms with van der Waals surface area (Å²) < 4.78 is 27.7. The molecule has 24 heavy (non-hydrogen) atoms. The van der Waals surface area contributed by atoms with Crippen LogP contribution in [0, 0.1) is 23.5 Å². The molecule has 8 heteroatoms. The number of hydrogen-bond donors (Lipinski definition) is 1. The molecule has 0 unspecified atom stereocenters. The molecule has 1 N–H and O–H groups in total. The van der Waals surface area contributed by atoms with Crippen molar-refractivity contribution in [3.8, 4) is 10.6 Å². The van der Waals surface area contributed by atoms with Gasteiger partial charge in [-0.2, -0.15) is 0 Å². The van der Waals surface area contributed by atoms with Crippen molar-refractivity contribution in [3.05, 3.63) is 40.9 Å². The molecule has 1 aromatic carbocycles. The highest BCUT2D eigenvalue weighted by Gasteiger charge is 2.38. The highest BCUT2D eigenvalue weighted by molar-refractivity contribution is 7.13. The van der Waals surface area contributed by atoms with Gasteiger partial charge < -0.3 is 10.2 Å². The number of likely N-dealkylation sites (tertiary alicyclic amines) is 1. The zero-order valence-electron chi connectivity index (χ0n) is 12.7. The fourth-order valence-electron chi connectivity index (χ4n) is 3.37. The lowest BCUT2D eigenvalue weighted by Gasteiger charge is -2.15. The number of carbonyl (C=O) groups excluding carboxylic acids is 1. The number of hydrogen-bond acceptors (Lipinski definition) is 4. The molecule has 2 atom stereocenters. The van der Waals surface area contributed by atoms with Gasteiger partial charge in [-0.05, 0) is 24.0 Å². The smallest absolute Gasteiger partial charge is 0.273 e. The Bertz CT molecular complexity index is 737. The van der Waals surface area contributed by atoms with Crippen LogP contribution < -0.4 is 5.32 Å². The predicted molar refractivity (Wildman–Crippen MR) is 90.5 cm³/mol. The van der Waals surface area contributed by atoms with Crippen molar-refractivity contribution in [3.63, 3.8) is 0 Å². The third-order valence-electron chi connectivity index (χ3n) is 4.58. The molecule has 2 fully saturated rings. The van der Waals surface area contributed by atoms with Gasteiger partial charge in [0.05, 0.1) is 5.56 Å². The maximum atomic E-state index is 13.8. The molecular formula is C16H16ClF2N3OS. The van der Waals surface area contributed by atoms with Gasteiger partial charge in [0.15, 0.2) is 0 Å². The molecule has 0 radical (unpaired) electrons. The van der Waals surface area contributed by atoms with Gasteiger partial charge in [-0.15, -0.1) is 23.7 Å². The van der Waals surface area contributed by atoms with E-state index in [0.29, 0.717) is 11.8 Å². The summed E-state index contributed by atoms with van der Waals surface area (Å²) in [5, 5.41) is 5.11. The van der Waals surface area contributed by atoms with Gasteiger partial charge in [0.25, 0.3) is 5.91 Å².